The topological polar surface area (TPSA) is 198 Å². The van der Waals surface area contributed by atoms with Crippen molar-refractivity contribution in [3.63, 3.8) is 0 Å². The van der Waals surface area contributed by atoms with Crippen molar-refractivity contribution in [2.75, 3.05) is 39.6 Å². The summed E-state index contributed by atoms with van der Waals surface area (Å²) in [5.41, 5.74) is 4.75. The number of carboxylic acid groups (broad SMARTS) is 2. The van der Waals surface area contributed by atoms with E-state index in [4.69, 9.17) is 42.7 Å². The number of carbonyl (C=O) groups is 4. The average Bonchev–Trinajstić information content (AvgIpc) is 3.70. The van der Waals surface area contributed by atoms with E-state index in [2.05, 4.69) is 22.5 Å². The zero-order valence-corrected chi connectivity index (χ0v) is 28.1. The molecule has 2 aliphatic carbocycles. The molecule has 0 bridgehead atoms. The average molecular weight is 693 g/mol. The van der Waals surface area contributed by atoms with Crippen LogP contribution >= 0.6 is 0 Å². The number of hydrogen-bond donors (Lipinski definition) is 6. The summed E-state index contributed by atoms with van der Waals surface area (Å²) in [4.78, 5) is 45.2. The van der Waals surface area contributed by atoms with Gasteiger partial charge in [-0.1, -0.05) is 24.0 Å². The summed E-state index contributed by atoms with van der Waals surface area (Å²) in [5, 5.41) is 40.3. The van der Waals surface area contributed by atoms with Gasteiger partial charge in [0.15, 0.2) is 0 Å². The molecule has 0 saturated heterocycles. The van der Waals surface area contributed by atoms with E-state index in [0.717, 1.165) is 36.8 Å². The molecule has 4 rings (SSSR count). The SMILES string of the molecule is C#CCN[C@@H]1CCc2ccc(OC(=O)N(CC)CO)cc21.C#CCN[C@@H]1CCc2ccc(OC(=O)N(CC)CO)cc21.O=C(O)/C=C/C(=O)O. The minimum Gasteiger partial charge on any atom is -0.478 e. The highest BCUT2D eigenvalue weighted by atomic mass is 16.6. The number of nitrogens with one attached hydrogen (secondary N) is 2. The van der Waals surface area contributed by atoms with E-state index in [-0.39, 0.29) is 25.5 Å². The monoisotopic (exact) mass is 692 g/mol. The van der Waals surface area contributed by atoms with Gasteiger partial charge in [0.2, 0.25) is 0 Å². The number of terminal acetylenes is 2. The summed E-state index contributed by atoms with van der Waals surface area (Å²) in [7, 11) is 0. The molecule has 50 heavy (non-hydrogen) atoms. The lowest BCUT2D eigenvalue weighted by Crippen LogP contribution is -2.34. The van der Waals surface area contributed by atoms with Gasteiger partial charge in [0.1, 0.15) is 25.0 Å². The van der Waals surface area contributed by atoms with Crippen molar-refractivity contribution >= 4 is 24.1 Å². The number of amides is 2. The molecule has 14 heteroatoms. The van der Waals surface area contributed by atoms with Crippen LogP contribution < -0.4 is 20.1 Å². The summed E-state index contributed by atoms with van der Waals surface area (Å²) in [5.74, 6) is 3.60. The van der Waals surface area contributed by atoms with Crippen molar-refractivity contribution < 1.29 is 49.1 Å². The summed E-state index contributed by atoms with van der Waals surface area (Å²) >= 11 is 0. The summed E-state index contributed by atoms with van der Waals surface area (Å²) in [6.07, 6.45) is 14.5. The number of ether oxygens (including phenoxy) is 2. The molecule has 0 aromatic heterocycles. The molecule has 2 aromatic rings. The van der Waals surface area contributed by atoms with Crippen molar-refractivity contribution in [2.24, 2.45) is 0 Å². The van der Waals surface area contributed by atoms with Crippen LogP contribution in [0.5, 0.6) is 11.5 Å². The molecule has 0 aliphatic heterocycles. The lowest BCUT2D eigenvalue weighted by atomic mass is 10.1. The molecule has 2 aromatic carbocycles. The van der Waals surface area contributed by atoms with Gasteiger partial charge in [-0.15, -0.1) is 12.8 Å². The predicted molar refractivity (Wildman–Crippen MR) is 184 cm³/mol. The van der Waals surface area contributed by atoms with Crippen LogP contribution in [0.2, 0.25) is 0 Å². The van der Waals surface area contributed by atoms with E-state index in [1.165, 1.54) is 20.9 Å². The number of aryl methyl sites for hydroxylation is 2. The van der Waals surface area contributed by atoms with Gasteiger partial charge in [-0.2, -0.15) is 0 Å². The lowest BCUT2D eigenvalue weighted by Gasteiger charge is -2.18. The summed E-state index contributed by atoms with van der Waals surface area (Å²) in [6, 6.07) is 11.7. The van der Waals surface area contributed by atoms with Gasteiger partial charge in [-0.25, -0.2) is 19.2 Å². The number of hydrogen-bond acceptors (Lipinski definition) is 10. The molecule has 0 heterocycles. The Kier molecular flexibility index (Phi) is 17.6. The summed E-state index contributed by atoms with van der Waals surface area (Å²) < 4.78 is 10.6. The minimum atomic E-state index is -1.26. The molecule has 2 atom stereocenters. The second kappa shape index (κ2) is 21.6. The zero-order valence-electron chi connectivity index (χ0n) is 28.1. The Hall–Kier alpha value is -5.38. The van der Waals surface area contributed by atoms with Gasteiger partial charge >= 0.3 is 24.1 Å². The fourth-order valence-electron chi connectivity index (χ4n) is 5.12. The van der Waals surface area contributed by atoms with E-state index in [1.54, 1.807) is 26.0 Å². The van der Waals surface area contributed by atoms with Crippen LogP contribution in [0.15, 0.2) is 48.6 Å². The van der Waals surface area contributed by atoms with Crippen LogP contribution in [0, 0.1) is 24.7 Å². The maximum Gasteiger partial charge on any atom is 0.417 e. The Morgan fingerprint density at radius 3 is 1.44 bits per heavy atom. The minimum absolute atomic E-state index is 0.204. The third kappa shape index (κ3) is 12.9. The highest BCUT2D eigenvalue weighted by molar-refractivity contribution is 5.89. The Morgan fingerprint density at radius 2 is 1.14 bits per heavy atom. The molecule has 0 spiro atoms. The van der Waals surface area contributed by atoms with Crippen LogP contribution in [0.4, 0.5) is 9.59 Å². The van der Waals surface area contributed by atoms with E-state index in [0.29, 0.717) is 49.8 Å². The quantitative estimate of drug-likeness (QED) is 0.108. The normalized spacial score (nSPS) is 15.1. The Morgan fingerprint density at radius 1 is 0.760 bits per heavy atom. The van der Waals surface area contributed by atoms with Gasteiger partial charge in [-0.3, -0.25) is 20.4 Å². The van der Waals surface area contributed by atoms with E-state index in [9.17, 15) is 19.2 Å². The number of fused-ring (bicyclic) bond motifs is 2. The van der Waals surface area contributed by atoms with E-state index in [1.807, 2.05) is 24.3 Å². The maximum absolute atomic E-state index is 11.8. The number of nitrogens with zero attached hydrogens (tertiary/aromatic N) is 2. The third-order valence-corrected chi connectivity index (χ3v) is 7.69. The molecule has 0 fully saturated rings. The van der Waals surface area contributed by atoms with Crippen LogP contribution in [0.25, 0.3) is 0 Å². The molecule has 14 nitrogen and oxygen atoms in total. The molecule has 2 aliphatic rings. The Bertz CT molecular complexity index is 1460. The first-order chi connectivity index (χ1) is 24.0. The Labute approximate surface area is 291 Å². The second-order valence-corrected chi connectivity index (χ2v) is 10.8. The fraction of sp³-hybridized carbons (Fsp3) is 0.389. The predicted octanol–water partition coefficient (Wildman–Crippen LogP) is 3.05. The highest BCUT2D eigenvalue weighted by Gasteiger charge is 2.24. The van der Waals surface area contributed by atoms with Crippen molar-refractivity contribution in [3.8, 4) is 36.2 Å². The smallest absolute Gasteiger partial charge is 0.417 e. The van der Waals surface area contributed by atoms with Crippen molar-refractivity contribution in [3.05, 3.63) is 70.8 Å². The third-order valence-electron chi connectivity index (χ3n) is 7.69. The molecule has 0 radical (unpaired) electrons. The fourth-order valence-corrected chi connectivity index (χ4v) is 5.12. The largest absolute Gasteiger partial charge is 0.478 e. The first kappa shape index (κ1) is 40.8. The molecule has 2 amide bonds. The van der Waals surface area contributed by atoms with Crippen molar-refractivity contribution in [1.82, 2.24) is 20.4 Å². The van der Waals surface area contributed by atoms with Gasteiger partial charge in [0, 0.05) is 37.3 Å². The number of benzene rings is 2. The van der Waals surface area contributed by atoms with Crippen LogP contribution in [-0.4, -0.2) is 94.0 Å². The Balaban J connectivity index is 0.000000286. The second-order valence-electron chi connectivity index (χ2n) is 10.8. The van der Waals surface area contributed by atoms with Gasteiger partial charge in [-0.05, 0) is 86.1 Å². The standard InChI is InChI=1S/2C16H20N2O3.C4H4O4/c2*1-3-9-17-15-8-6-12-5-7-13(10-14(12)15)21-16(20)18(4-2)11-19;5-3(6)1-2-4(7)8/h2*1,5,7,10,15,17,19H,4,6,8-9,11H2,2H3;1-2H,(H,5,6)(H,7,8)/b;;2-1+/t2*15-;/m11./s1. The summed E-state index contributed by atoms with van der Waals surface area (Å²) in [6.45, 7) is 4.67. The number of carboxylic acids is 2. The first-order valence-electron chi connectivity index (χ1n) is 15.9. The van der Waals surface area contributed by atoms with E-state index >= 15 is 0 Å². The van der Waals surface area contributed by atoms with Crippen molar-refractivity contribution in [2.45, 2.75) is 51.6 Å². The number of aliphatic carboxylic acids is 2. The van der Waals surface area contributed by atoms with Gasteiger partial charge < -0.3 is 29.9 Å². The number of aliphatic hydroxyl groups excluding tert-OH is 2. The molecule has 268 valence electrons. The molecule has 0 unspecified atom stereocenters. The maximum atomic E-state index is 11.8. The molecule has 0 saturated carbocycles. The lowest BCUT2D eigenvalue weighted by molar-refractivity contribution is -0.134. The number of carbonyl (C=O) groups excluding carboxylic acids is 2. The molecular weight excluding hydrogens is 648 g/mol. The molecular formula is C36H44N4O10. The first-order valence-corrected chi connectivity index (χ1v) is 15.9. The van der Waals surface area contributed by atoms with Gasteiger partial charge in [0.25, 0.3) is 0 Å². The van der Waals surface area contributed by atoms with Gasteiger partial charge in [0.05, 0.1) is 13.1 Å². The van der Waals surface area contributed by atoms with Crippen LogP contribution in [0.3, 0.4) is 0 Å². The van der Waals surface area contributed by atoms with Crippen LogP contribution in [-0.2, 0) is 22.4 Å². The zero-order chi connectivity index (χ0) is 37.1. The number of rotatable bonds is 12. The van der Waals surface area contributed by atoms with Crippen LogP contribution in [0.1, 0.15) is 61.0 Å². The highest BCUT2D eigenvalue weighted by Crippen LogP contribution is 2.35. The number of aliphatic hydroxyl groups is 2. The molecule has 6 N–H and O–H groups in total. The van der Waals surface area contributed by atoms with E-state index < -0.39 is 24.1 Å². The van der Waals surface area contributed by atoms with Crippen molar-refractivity contribution in [1.29, 1.82) is 0 Å².